The van der Waals surface area contributed by atoms with Crippen molar-refractivity contribution in [2.24, 2.45) is 17.8 Å². The number of rotatable bonds is 2. The van der Waals surface area contributed by atoms with Crippen molar-refractivity contribution in [3.05, 3.63) is 0 Å². The Kier molecular flexibility index (Phi) is 2.29. The zero-order valence-electron chi connectivity index (χ0n) is 8.86. The van der Waals surface area contributed by atoms with Crippen LogP contribution < -0.4 is 0 Å². The van der Waals surface area contributed by atoms with Gasteiger partial charge in [-0.15, -0.1) is 0 Å². The highest BCUT2D eigenvalue weighted by Gasteiger charge is 2.38. The highest BCUT2D eigenvalue weighted by Crippen LogP contribution is 2.38. The Hall–Kier alpha value is -0.0800. The van der Waals surface area contributed by atoms with E-state index in [1.165, 1.54) is 38.9 Å². The third kappa shape index (κ3) is 1.82. The molecule has 3 fully saturated rings. The Labute approximate surface area is 86.3 Å². The summed E-state index contributed by atoms with van der Waals surface area (Å²) in [5.74, 6) is 2.76. The van der Waals surface area contributed by atoms with E-state index in [2.05, 4.69) is 4.90 Å². The average Bonchev–Trinajstić information content (AvgIpc) is 2.84. The van der Waals surface area contributed by atoms with E-state index in [1.807, 2.05) is 0 Å². The van der Waals surface area contributed by atoms with Crippen molar-refractivity contribution >= 4 is 0 Å². The minimum Gasteiger partial charge on any atom is -0.393 e. The van der Waals surface area contributed by atoms with Crippen LogP contribution in [0.1, 0.15) is 32.1 Å². The van der Waals surface area contributed by atoms with Crippen LogP contribution in [-0.2, 0) is 0 Å². The molecule has 2 nitrogen and oxygen atoms in total. The van der Waals surface area contributed by atoms with Gasteiger partial charge in [0.1, 0.15) is 0 Å². The molecule has 14 heavy (non-hydrogen) atoms. The summed E-state index contributed by atoms with van der Waals surface area (Å²) in [5.41, 5.74) is 0. The molecule has 3 aliphatic rings. The molecule has 2 aliphatic carbocycles. The highest BCUT2D eigenvalue weighted by atomic mass is 16.3. The molecule has 1 aliphatic heterocycles. The monoisotopic (exact) mass is 195 g/mol. The number of nitrogens with zero attached hydrogens (tertiary/aromatic N) is 1. The van der Waals surface area contributed by atoms with E-state index in [9.17, 15) is 5.11 Å². The molecule has 0 radical (unpaired) electrons. The first-order valence-corrected chi connectivity index (χ1v) is 6.21. The van der Waals surface area contributed by atoms with E-state index in [0.29, 0.717) is 0 Å². The third-order valence-corrected chi connectivity index (χ3v) is 4.31. The lowest BCUT2D eigenvalue weighted by molar-refractivity contribution is 0.0865. The van der Waals surface area contributed by atoms with E-state index < -0.39 is 0 Å². The maximum atomic E-state index is 9.62. The molecule has 2 heteroatoms. The quantitative estimate of drug-likeness (QED) is 0.721. The SMILES string of the molecule is OC1CCC2CN(CC3CC3)CC2C1. The van der Waals surface area contributed by atoms with Crippen molar-refractivity contribution < 1.29 is 5.11 Å². The average molecular weight is 195 g/mol. The minimum absolute atomic E-state index is 0.0112. The zero-order valence-corrected chi connectivity index (χ0v) is 8.86. The van der Waals surface area contributed by atoms with Gasteiger partial charge in [0.25, 0.3) is 0 Å². The third-order valence-electron chi connectivity index (χ3n) is 4.31. The van der Waals surface area contributed by atoms with Gasteiger partial charge in [-0.2, -0.15) is 0 Å². The van der Waals surface area contributed by atoms with E-state index in [4.69, 9.17) is 0 Å². The molecule has 3 rings (SSSR count). The molecule has 0 spiro atoms. The Morgan fingerprint density at radius 1 is 1.00 bits per heavy atom. The van der Waals surface area contributed by atoms with Crippen LogP contribution in [0.15, 0.2) is 0 Å². The summed E-state index contributed by atoms with van der Waals surface area (Å²) < 4.78 is 0. The fraction of sp³-hybridized carbons (Fsp3) is 1.00. The van der Waals surface area contributed by atoms with Gasteiger partial charge < -0.3 is 10.0 Å². The second-order valence-electron chi connectivity index (χ2n) is 5.65. The fourth-order valence-corrected chi connectivity index (χ4v) is 3.32. The second-order valence-corrected chi connectivity index (χ2v) is 5.65. The Bertz CT molecular complexity index is 214. The molecular weight excluding hydrogens is 174 g/mol. The van der Waals surface area contributed by atoms with Crippen LogP contribution in [0.2, 0.25) is 0 Å². The molecule has 80 valence electrons. The van der Waals surface area contributed by atoms with Crippen LogP contribution in [0.4, 0.5) is 0 Å². The first kappa shape index (κ1) is 9.17. The van der Waals surface area contributed by atoms with Gasteiger partial charge in [0.15, 0.2) is 0 Å². The van der Waals surface area contributed by atoms with Crippen LogP contribution in [0.5, 0.6) is 0 Å². The van der Waals surface area contributed by atoms with E-state index in [-0.39, 0.29) is 6.10 Å². The molecule has 1 saturated heterocycles. The highest BCUT2D eigenvalue weighted by molar-refractivity contribution is 4.91. The predicted octanol–water partition coefficient (Wildman–Crippen LogP) is 1.49. The normalized spacial score (nSPS) is 43.9. The van der Waals surface area contributed by atoms with Crippen LogP contribution in [-0.4, -0.2) is 35.7 Å². The number of likely N-dealkylation sites (tertiary alicyclic amines) is 1. The molecule has 0 bridgehead atoms. The van der Waals surface area contributed by atoms with Gasteiger partial charge in [0.05, 0.1) is 6.10 Å². The molecule has 0 aromatic carbocycles. The van der Waals surface area contributed by atoms with Crippen LogP contribution >= 0.6 is 0 Å². The summed E-state index contributed by atoms with van der Waals surface area (Å²) in [5, 5.41) is 9.62. The standard InChI is InChI=1S/C12H21NO/c14-12-4-3-10-7-13(6-9-1-2-9)8-11(10)5-12/h9-12,14H,1-8H2. The van der Waals surface area contributed by atoms with Crippen molar-refractivity contribution in [1.82, 2.24) is 4.90 Å². The lowest BCUT2D eigenvalue weighted by Gasteiger charge is -2.27. The molecule has 2 saturated carbocycles. The zero-order chi connectivity index (χ0) is 9.54. The van der Waals surface area contributed by atoms with Crippen LogP contribution in [0, 0.1) is 17.8 Å². The fourth-order valence-electron chi connectivity index (χ4n) is 3.32. The summed E-state index contributed by atoms with van der Waals surface area (Å²) in [6.07, 6.45) is 6.34. The van der Waals surface area contributed by atoms with Crippen LogP contribution in [0.25, 0.3) is 0 Å². The Balaban J connectivity index is 1.55. The van der Waals surface area contributed by atoms with Gasteiger partial charge in [0, 0.05) is 19.6 Å². The smallest absolute Gasteiger partial charge is 0.0543 e. The van der Waals surface area contributed by atoms with Crippen molar-refractivity contribution in [2.45, 2.75) is 38.2 Å². The lowest BCUT2D eigenvalue weighted by atomic mass is 9.80. The molecule has 0 amide bonds. The number of hydrogen-bond acceptors (Lipinski definition) is 2. The Morgan fingerprint density at radius 3 is 2.57 bits per heavy atom. The summed E-state index contributed by atoms with van der Waals surface area (Å²) >= 11 is 0. The molecule has 0 aromatic heterocycles. The molecule has 3 atom stereocenters. The second kappa shape index (κ2) is 3.49. The molecule has 1 N–H and O–H groups in total. The Morgan fingerprint density at radius 2 is 1.79 bits per heavy atom. The molecule has 1 heterocycles. The predicted molar refractivity (Wildman–Crippen MR) is 56.0 cm³/mol. The van der Waals surface area contributed by atoms with E-state index in [0.717, 1.165) is 30.6 Å². The number of aliphatic hydroxyl groups is 1. The maximum absolute atomic E-state index is 9.62. The first-order chi connectivity index (χ1) is 6.81. The van der Waals surface area contributed by atoms with Gasteiger partial charge in [-0.3, -0.25) is 0 Å². The van der Waals surface area contributed by atoms with Crippen molar-refractivity contribution in [3.63, 3.8) is 0 Å². The van der Waals surface area contributed by atoms with Gasteiger partial charge in [0.2, 0.25) is 0 Å². The topological polar surface area (TPSA) is 23.5 Å². The van der Waals surface area contributed by atoms with Crippen molar-refractivity contribution in [2.75, 3.05) is 19.6 Å². The van der Waals surface area contributed by atoms with Gasteiger partial charge in [-0.25, -0.2) is 0 Å². The maximum Gasteiger partial charge on any atom is 0.0543 e. The van der Waals surface area contributed by atoms with Gasteiger partial charge >= 0.3 is 0 Å². The van der Waals surface area contributed by atoms with Crippen molar-refractivity contribution in [1.29, 1.82) is 0 Å². The number of aliphatic hydroxyl groups excluding tert-OH is 1. The summed E-state index contributed by atoms with van der Waals surface area (Å²) in [4.78, 5) is 2.66. The van der Waals surface area contributed by atoms with Gasteiger partial charge in [-0.05, 0) is 49.9 Å². The largest absolute Gasteiger partial charge is 0.393 e. The molecule has 0 aromatic rings. The number of fused-ring (bicyclic) bond motifs is 1. The molecular formula is C12H21NO. The van der Waals surface area contributed by atoms with Crippen LogP contribution in [0.3, 0.4) is 0 Å². The van der Waals surface area contributed by atoms with E-state index >= 15 is 0 Å². The van der Waals surface area contributed by atoms with E-state index in [1.54, 1.807) is 0 Å². The summed E-state index contributed by atoms with van der Waals surface area (Å²) in [6.45, 7) is 3.95. The summed E-state index contributed by atoms with van der Waals surface area (Å²) in [7, 11) is 0. The number of hydrogen-bond donors (Lipinski definition) is 1. The minimum atomic E-state index is 0.0112. The van der Waals surface area contributed by atoms with Gasteiger partial charge in [-0.1, -0.05) is 0 Å². The first-order valence-electron chi connectivity index (χ1n) is 6.21. The van der Waals surface area contributed by atoms with Crippen molar-refractivity contribution in [3.8, 4) is 0 Å². The lowest BCUT2D eigenvalue weighted by Crippen LogP contribution is -2.26. The molecule has 3 unspecified atom stereocenters. The summed E-state index contributed by atoms with van der Waals surface area (Å²) in [6, 6.07) is 0.